The summed E-state index contributed by atoms with van der Waals surface area (Å²) in [5, 5.41) is 0.497. The van der Waals surface area contributed by atoms with Gasteiger partial charge in [-0.2, -0.15) is 0 Å². The molecule has 0 bridgehead atoms. The molecule has 0 N–H and O–H groups in total. The van der Waals surface area contributed by atoms with Crippen LogP contribution in [0.25, 0.3) is 0 Å². The Morgan fingerprint density at radius 3 is 2.87 bits per heavy atom. The number of pyridine rings is 1. The van der Waals surface area contributed by atoms with Crippen LogP contribution in [0.3, 0.4) is 0 Å². The van der Waals surface area contributed by atoms with Gasteiger partial charge in [0.25, 0.3) is 11.8 Å². The van der Waals surface area contributed by atoms with Crippen molar-refractivity contribution < 1.29 is 9.59 Å². The van der Waals surface area contributed by atoms with Crippen molar-refractivity contribution in [3.63, 3.8) is 0 Å². The Balaban J connectivity index is 2.06. The highest BCUT2D eigenvalue weighted by Crippen LogP contribution is 2.32. The van der Waals surface area contributed by atoms with E-state index in [2.05, 4.69) is 9.98 Å². The average Bonchev–Trinajstić information content (AvgIpc) is 2.81. The molecular weight excluding hydrogens is 314 g/mol. The van der Waals surface area contributed by atoms with Gasteiger partial charge in [0.1, 0.15) is 5.71 Å². The molecule has 2 amide bonds. The SMILES string of the molecule is CCCN1C(=O)C(=NC(=O)c2cccnc2)c2cc(Cl)ccc21. The molecule has 6 heteroatoms. The van der Waals surface area contributed by atoms with Crippen LogP contribution >= 0.6 is 11.6 Å². The van der Waals surface area contributed by atoms with E-state index in [1.165, 1.54) is 6.20 Å². The van der Waals surface area contributed by atoms with Crippen LogP contribution in [0, 0.1) is 0 Å². The van der Waals surface area contributed by atoms with Gasteiger partial charge >= 0.3 is 0 Å². The summed E-state index contributed by atoms with van der Waals surface area (Å²) in [4.78, 5) is 34.4. The zero-order valence-corrected chi connectivity index (χ0v) is 13.2. The van der Waals surface area contributed by atoms with Crippen LogP contribution in [-0.2, 0) is 4.79 Å². The number of nitrogens with zero attached hydrogens (tertiary/aromatic N) is 3. The van der Waals surface area contributed by atoms with Crippen molar-refractivity contribution >= 4 is 34.8 Å². The predicted octanol–water partition coefficient (Wildman–Crippen LogP) is 3.12. The Bertz CT molecular complexity index is 803. The molecule has 0 spiro atoms. The molecule has 1 aromatic carbocycles. The summed E-state index contributed by atoms with van der Waals surface area (Å²) in [7, 11) is 0. The van der Waals surface area contributed by atoms with Crippen LogP contribution < -0.4 is 4.90 Å². The number of hydrogen-bond acceptors (Lipinski definition) is 3. The largest absolute Gasteiger partial charge is 0.306 e. The Labute approximate surface area is 138 Å². The van der Waals surface area contributed by atoms with Gasteiger partial charge in [0.05, 0.1) is 11.3 Å². The summed E-state index contributed by atoms with van der Waals surface area (Å²) in [5.74, 6) is -0.771. The summed E-state index contributed by atoms with van der Waals surface area (Å²) in [6, 6.07) is 8.43. The number of carbonyl (C=O) groups is 2. The van der Waals surface area contributed by atoms with Gasteiger partial charge in [0.2, 0.25) is 0 Å². The number of benzene rings is 1. The van der Waals surface area contributed by atoms with Gasteiger partial charge in [-0.15, -0.1) is 0 Å². The van der Waals surface area contributed by atoms with E-state index in [1.54, 1.807) is 41.4 Å². The third-order valence-corrected chi connectivity index (χ3v) is 3.76. The fourth-order valence-electron chi connectivity index (χ4n) is 2.49. The van der Waals surface area contributed by atoms with Crippen LogP contribution in [0.15, 0.2) is 47.7 Å². The zero-order valence-electron chi connectivity index (χ0n) is 12.5. The smallest absolute Gasteiger partial charge is 0.279 e. The standard InChI is InChI=1S/C17H14ClN3O2/c1-2-8-21-14-6-5-12(18)9-13(14)15(17(21)23)20-16(22)11-4-3-7-19-10-11/h3-7,9-10H,2,8H2,1H3. The minimum Gasteiger partial charge on any atom is -0.306 e. The second kappa shape index (κ2) is 6.30. The lowest BCUT2D eigenvalue weighted by Crippen LogP contribution is -2.31. The highest BCUT2D eigenvalue weighted by molar-refractivity contribution is 6.55. The van der Waals surface area contributed by atoms with Gasteiger partial charge in [-0.3, -0.25) is 14.6 Å². The van der Waals surface area contributed by atoms with E-state index < -0.39 is 5.91 Å². The second-order valence-corrected chi connectivity index (χ2v) is 5.56. The lowest BCUT2D eigenvalue weighted by molar-refractivity contribution is -0.112. The molecule has 0 fully saturated rings. The highest BCUT2D eigenvalue weighted by atomic mass is 35.5. The first-order valence-corrected chi connectivity index (χ1v) is 7.64. The van der Waals surface area contributed by atoms with Crippen LogP contribution in [0.2, 0.25) is 5.02 Å². The number of aliphatic imine (C=N–C) groups is 1. The van der Waals surface area contributed by atoms with Crippen LogP contribution in [0.1, 0.15) is 29.3 Å². The molecule has 2 aromatic rings. The quantitative estimate of drug-likeness (QED) is 0.870. The average molecular weight is 328 g/mol. The van der Waals surface area contributed by atoms with Crippen molar-refractivity contribution in [2.24, 2.45) is 4.99 Å². The Kier molecular flexibility index (Phi) is 4.21. The summed E-state index contributed by atoms with van der Waals surface area (Å²) < 4.78 is 0. The molecule has 1 aliphatic heterocycles. The molecule has 3 rings (SSSR count). The number of carbonyl (C=O) groups excluding carboxylic acids is 2. The van der Waals surface area contributed by atoms with Crippen LogP contribution in [0.4, 0.5) is 5.69 Å². The van der Waals surface area contributed by atoms with Crippen molar-refractivity contribution in [3.05, 3.63) is 58.9 Å². The molecule has 5 nitrogen and oxygen atoms in total. The number of rotatable bonds is 3. The first-order chi connectivity index (χ1) is 11.1. The Morgan fingerprint density at radius 1 is 1.35 bits per heavy atom. The van der Waals surface area contributed by atoms with Gasteiger partial charge in [-0.1, -0.05) is 18.5 Å². The number of aromatic nitrogens is 1. The van der Waals surface area contributed by atoms with Crippen molar-refractivity contribution in [1.82, 2.24) is 4.98 Å². The summed E-state index contributed by atoms with van der Waals surface area (Å²) in [6.45, 7) is 2.55. The molecule has 116 valence electrons. The Morgan fingerprint density at radius 2 is 2.17 bits per heavy atom. The maximum atomic E-state index is 12.6. The van der Waals surface area contributed by atoms with Crippen LogP contribution in [-0.4, -0.2) is 29.1 Å². The first kappa shape index (κ1) is 15.4. The van der Waals surface area contributed by atoms with Crippen LogP contribution in [0.5, 0.6) is 0 Å². The summed E-state index contributed by atoms with van der Waals surface area (Å²) in [6.07, 6.45) is 3.80. The highest BCUT2D eigenvalue weighted by Gasteiger charge is 2.34. The molecule has 23 heavy (non-hydrogen) atoms. The molecule has 0 saturated heterocycles. The molecule has 0 radical (unpaired) electrons. The molecule has 1 aliphatic rings. The number of amides is 2. The Hall–Kier alpha value is -2.53. The van der Waals surface area contributed by atoms with Crippen molar-refractivity contribution in [2.45, 2.75) is 13.3 Å². The van der Waals surface area contributed by atoms with Crippen molar-refractivity contribution in [3.8, 4) is 0 Å². The lowest BCUT2D eigenvalue weighted by Gasteiger charge is -2.15. The lowest BCUT2D eigenvalue weighted by atomic mass is 10.1. The van der Waals surface area contributed by atoms with Gasteiger partial charge in [0.15, 0.2) is 0 Å². The van der Waals surface area contributed by atoms with Gasteiger partial charge in [-0.25, -0.2) is 4.99 Å². The van der Waals surface area contributed by atoms with Gasteiger partial charge in [0, 0.05) is 29.5 Å². The molecule has 0 aliphatic carbocycles. The van der Waals surface area contributed by atoms with E-state index in [4.69, 9.17) is 11.6 Å². The van der Waals surface area contributed by atoms with E-state index in [1.807, 2.05) is 6.92 Å². The topological polar surface area (TPSA) is 62.6 Å². The number of halogens is 1. The maximum absolute atomic E-state index is 12.6. The van der Waals surface area contributed by atoms with E-state index >= 15 is 0 Å². The van der Waals surface area contributed by atoms with E-state index in [9.17, 15) is 9.59 Å². The predicted molar refractivity (Wildman–Crippen MR) is 89.2 cm³/mol. The zero-order chi connectivity index (χ0) is 16.4. The molecular formula is C17H14ClN3O2. The van der Waals surface area contributed by atoms with E-state index in [0.29, 0.717) is 22.7 Å². The third kappa shape index (κ3) is 2.87. The van der Waals surface area contributed by atoms with E-state index in [0.717, 1.165) is 12.1 Å². The number of fused-ring (bicyclic) bond motifs is 1. The molecule has 2 heterocycles. The molecule has 0 unspecified atom stereocenters. The molecule has 1 aromatic heterocycles. The summed E-state index contributed by atoms with van der Waals surface area (Å²) >= 11 is 6.03. The van der Waals surface area contributed by atoms with Gasteiger partial charge < -0.3 is 4.90 Å². The van der Waals surface area contributed by atoms with Gasteiger partial charge in [-0.05, 0) is 36.8 Å². The fourth-order valence-corrected chi connectivity index (χ4v) is 2.67. The summed E-state index contributed by atoms with van der Waals surface area (Å²) in [5.41, 5.74) is 1.79. The first-order valence-electron chi connectivity index (χ1n) is 7.26. The third-order valence-electron chi connectivity index (χ3n) is 3.52. The minimum absolute atomic E-state index is 0.129. The monoisotopic (exact) mass is 327 g/mol. The van der Waals surface area contributed by atoms with E-state index in [-0.39, 0.29) is 11.6 Å². The van der Waals surface area contributed by atoms with Crippen molar-refractivity contribution in [1.29, 1.82) is 0 Å². The fraction of sp³-hybridized carbons (Fsp3) is 0.176. The maximum Gasteiger partial charge on any atom is 0.279 e. The normalized spacial score (nSPS) is 15.1. The number of hydrogen-bond donors (Lipinski definition) is 0. The minimum atomic E-state index is -0.495. The number of anilines is 1. The molecule has 0 atom stereocenters. The second-order valence-electron chi connectivity index (χ2n) is 5.13. The molecule has 0 saturated carbocycles. The van der Waals surface area contributed by atoms with Crippen molar-refractivity contribution in [2.75, 3.05) is 11.4 Å².